The maximum Gasteiger partial charge on any atom is 0.311 e. The van der Waals surface area contributed by atoms with Crippen LogP contribution in [0.1, 0.15) is 99.3 Å². The molecule has 0 N–H and O–H groups in total. The zero-order chi connectivity index (χ0) is 22.8. The van der Waals surface area contributed by atoms with E-state index in [0.29, 0.717) is 5.92 Å². The Labute approximate surface area is 189 Å². The Hall–Kier alpha value is -1.10. The van der Waals surface area contributed by atoms with Crippen LogP contribution >= 0.6 is 0 Å². The van der Waals surface area contributed by atoms with Gasteiger partial charge in [-0.1, -0.05) is 60.8 Å². The van der Waals surface area contributed by atoms with E-state index in [1.807, 2.05) is 0 Å². The van der Waals surface area contributed by atoms with Crippen LogP contribution in [0.15, 0.2) is 0 Å². The molecule has 4 unspecified atom stereocenters. The summed E-state index contributed by atoms with van der Waals surface area (Å²) in [5.74, 6) is -0.0522. The molecule has 5 heteroatoms. The highest BCUT2D eigenvalue weighted by Gasteiger charge is 2.52. The first-order valence-corrected chi connectivity index (χ1v) is 12.4. The van der Waals surface area contributed by atoms with Crippen molar-refractivity contribution in [2.75, 3.05) is 6.79 Å². The molecule has 3 rings (SSSR count). The van der Waals surface area contributed by atoms with Crippen molar-refractivity contribution in [3.63, 3.8) is 0 Å². The van der Waals surface area contributed by atoms with Gasteiger partial charge in [-0.05, 0) is 55.3 Å². The molecule has 5 nitrogen and oxygen atoms in total. The van der Waals surface area contributed by atoms with Crippen LogP contribution in [0.2, 0.25) is 0 Å². The summed E-state index contributed by atoms with van der Waals surface area (Å²) in [5.41, 5.74) is -0.104. The molecule has 0 saturated heterocycles. The summed E-state index contributed by atoms with van der Waals surface area (Å²) in [6, 6.07) is 0. The number of rotatable bonds is 7. The highest BCUT2D eigenvalue weighted by atomic mass is 16.7. The van der Waals surface area contributed by atoms with Crippen molar-refractivity contribution in [1.82, 2.24) is 0 Å². The van der Waals surface area contributed by atoms with E-state index in [4.69, 9.17) is 14.2 Å². The molecule has 0 aromatic carbocycles. The highest BCUT2D eigenvalue weighted by Crippen LogP contribution is 2.51. The summed E-state index contributed by atoms with van der Waals surface area (Å²) in [6.07, 6.45) is 9.35. The van der Waals surface area contributed by atoms with Crippen LogP contribution < -0.4 is 0 Å². The molecular formula is C26H44O5. The number of carbonyl (C=O) groups is 2. The third kappa shape index (κ3) is 6.69. The minimum absolute atomic E-state index is 0.0519. The van der Waals surface area contributed by atoms with E-state index < -0.39 is 0 Å². The second-order valence-electron chi connectivity index (χ2n) is 12.5. The Morgan fingerprint density at radius 3 is 2.19 bits per heavy atom. The molecule has 178 valence electrons. The molecule has 0 amide bonds. The predicted molar refractivity (Wildman–Crippen MR) is 120 cm³/mol. The molecule has 0 spiro atoms. The molecule has 3 fully saturated rings. The van der Waals surface area contributed by atoms with Gasteiger partial charge in [0.1, 0.15) is 6.10 Å². The largest absolute Gasteiger partial charge is 0.462 e. The van der Waals surface area contributed by atoms with E-state index in [1.165, 1.54) is 19.3 Å². The Kier molecular flexibility index (Phi) is 7.76. The lowest BCUT2D eigenvalue weighted by atomic mass is 9.72. The monoisotopic (exact) mass is 436 g/mol. The SMILES string of the molecule is CC(C)(C)C[C@H](C(=O)OC1CC2CC(C(=O)OCOC3CCCCC3)C1C2)C(C)(C)C. The fraction of sp³-hybridized carbons (Fsp3) is 0.923. The van der Waals surface area contributed by atoms with Gasteiger partial charge in [0.15, 0.2) is 6.79 Å². The van der Waals surface area contributed by atoms with Gasteiger partial charge in [0.2, 0.25) is 0 Å². The molecule has 31 heavy (non-hydrogen) atoms. The van der Waals surface area contributed by atoms with Gasteiger partial charge in [0.05, 0.1) is 17.9 Å². The third-order valence-corrected chi connectivity index (χ3v) is 7.53. The molecule has 0 aromatic rings. The van der Waals surface area contributed by atoms with E-state index in [2.05, 4.69) is 41.5 Å². The smallest absolute Gasteiger partial charge is 0.311 e. The zero-order valence-electron chi connectivity index (χ0n) is 20.6. The fourth-order valence-corrected chi connectivity index (χ4v) is 5.81. The quantitative estimate of drug-likeness (QED) is 0.368. The molecule has 0 aromatic heterocycles. The van der Waals surface area contributed by atoms with Gasteiger partial charge in [0, 0.05) is 5.92 Å². The van der Waals surface area contributed by atoms with Crippen molar-refractivity contribution in [3.05, 3.63) is 0 Å². The lowest BCUT2D eigenvalue weighted by Crippen LogP contribution is -2.39. The molecule has 0 aliphatic heterocycles. The van der Waals surface area contributed by atoms with Gasteiger partial charge >= 0.3 is 11.9 Å². The van der Waals surface area contributed by atoms with E-state index in [9.17, 15) is 9.59 Å². The number of esters is 2. The normalized spacial score (nSPS) is 30.3. The third-order valence-electron chi connectivity index (χ3n) is 7.53. The predicted octanol–water partition coefficient (Wildman–Crippen LogP) is 5.89. The number of ether oxygens (including phenoxy) is 3. The first-order valence-electron chi connectivity index (χ1n) is 12.4. The summed E-state index contributed by atoms with van der Waals surface area (Å²) < 4.78 is 17.4. The molecule has 3 saturated carbocycles. The molecule has 5 atom stereocenters. The second kappa shape index (κ2) is 9.80. The van der Waals surface area contributed by atoms with E-state index >= 15 is 0 Å². The molecular weight excluding hydrogens is 392 g/mol. The molecule has 0 radical (unpaired) electrons. The average molecular weight is 437 g/mol. The van der Waals surface area contributed by atoms with Crippen LogP contribution in [0.3, 0.4) is 0 Å². The lowest BCUT2D eigenvalue weighted by Gasteiger charge is -2.36. The fourth-order valence-electron chi connectivity index (χ4n) is 5.81. The summed E-state index contributed by atoms with van der Waals surface area (Å²) in [7, 11) is 0. The second-order valence-corrected chi connectivity index (χ2v) is 12.5. The summed E-state index contributed by atoms with van der Waals surface area (Å²) in [6.45, 7) is 12.9. The van der Waals surface area contributed by atoms with Gasteiger partial charge in [-0.3, -0.25) is 9.59 Å². The minimum atomic E-state index is -0.175. The van der Waals surface area contributed by atoms with Crippen molar-refractivity contribution in [2.45, 2.75) is 112 Å². The molecule has 3 aliphatic rings. The van der Waals surface area contributed by atoms with Crippen LogP contribution in [0.4, 0.5) is 0 Å². The Balaban J connectivity index is 1.52. The van der Waals surface area contributed by atoms with E-state index in [-0.39, 0.29) is 59.5 Å². The lowest BCUT2D eigenvalue weighted by molar-refractivity contribution is -0.175. The summed E-state index contributed by atoms with van der Waals surface area (Å²) in [5, 5.41) is 0. The van der Waals surface area contributed by atoms with Crippen molar-refractivity contribution >= 4 is 11.9 Å². The Bertz CT molecular complexity index is 623. The highest BCUT2D eigenvalue weighted by molar-refractivity contribution is 5.75. The Morgan fingerprint density at radius 2 is 1.61 bits per heavy atom. The van der Waals surface area contributed by atoms with Crippen molar-refractivity contribution in [2.24, 2.45) is 34.5 Å². The van der Waals surface area contributed by atoms with Crippen molar-refractivity contribution in [3.8, 4) is 0 Å². The first-order chi connectivity index (χ1) is 14.4. The summed E-state index contributed by atoms with van der Waals surface area (Å²) >= 11 is 0. The maximum absolute atomic E-state index is 13.2. The minimum Gasteiger partial charge on any atom is -0.462 e. The molecule has 0 heterocycles. The van der Waals surface area contributed by atoms with Crippen molar-refractivity contribution in [1.29, 1.82) is 0 Å². The zero-order valence-corrected chi connectivity index (χ0v) is 20.6. The number of fused-ring (bicyclic) bond motifs is 2. The van der Waals surface area contributed by atoms with Gasteiger partial charge in [-0.2, -0.15) is 0 Å². The van der Waals surface area contributed by atoms with E-state index in [1.54, 1.807) is 0 Å². The maximum atomic E-state index is 13.2. The average Bonchev–Trinajstić information content (AvgIpc) is 3.26. The summed E-state index contributed by atoms with van der Waals surface area (Å²) in [4.78, 5) is 25.9. The van der Waals surface area contributed by atoms with Crippen LogP contribution in [0, 0.1) is 34.5 Å². The first kappa shape index (κ1) is 24.5. The number of hydrogen-bond acceptors (Lipinski definition) is 5. The van der Waals surface area contributed by atoms with Crippen LogP contribution in [0.25, 0.3) is 0 Å². The van der Waals surface area contributed by atoms with Gasteiger partial charge < -0.3 is 14.2 Å². The number of carbonyl (C=O) groups excluding carboxylic acids is 2. The van der Waals surface area contributed by atoms with Gasteiger partial charge in [0.25, 0.3) is 0 Å². The van der Waals surface area contributed by atoms with E-state index in [0.717, 1.165) is 38.5 Å². The molecule has 3 aliphatic carbocycles. The van der Waals surface area contributed by atoms with Gasteiger partial charge in [-0.15, -0.1) is 0 Å². The van der Waals surface area contributed by atoms with Gasteiger partial charge in [-0.25, -0.2) is 0 Å². The van der Waals surface area contributed by atoms with Crippen LogP contribution in [-0.2, 0) is 23.8 Å². The van der Waals surface area contributed by atoms with Crippen LogP contribution in [0.5, 0.6) is 0 Å². The number of hydrogen-bond donors (Lipinski definition) is 0. The molecule has 2 bridgehead atoms. The topological polar surface area (TPSA) is 61.8 Å². The standard InChI is InChI=1S/C26H44O5/c1-25(2,3)15-21(26(4,5)6)24(28)31-22-14-17-12-19(22)20(13-17)23(27)30-16-29-18-10-8-7-9-11-18/h17-22H,7-16H2,1-6H3/t17?,19?,20?,21-,22?/m1/s1. The van der Waals surface area contributed by atoms with Crippen molar-refractivity contribution < 1.29 is 23.8 Å². The Morgan fingerprint density at radius 1 is 0.935 bits per heavy atom. The van der Waals surface area contributed by atoms with Crippen LogP contribution in [-0.4, -0.2) is 30.9 Å².